The number of benzene rings is 3. The van der Waals surface area contributed by atoms with Gasteiger partial charge >= 0.3 is 0 Å². The van der Waals surface area contributed by atoms with Crippen molar-refractivity contribution in [2.75, 3.05) is 30.5 Å². The second-order valence-corrected chi connectivity index (χ2v) is 11.2. The molecule has 0 amide bonds. The SMILES string of the molecule is Cl.O=S(=O)(c1ccc(Cl)cc1)N(Cc1ccccc1OCCCN1CCCCCC1)c1ccccc1. The molecule has 0 aliphatic carbocycles. The van der Waals surface area contributed by atoms with Gasteiger partial charge in [-0.1, -0.05) is 60.8 Å². The summed E-state index contributed by atoms with van der Waals surface area (Å²) in [7, 11) is -3.82. The summed E-state index contributed by atoms with van der Waals surface area (Å²) in [6.45, 7) is 4.14. The Bertz CT molecular complexity index is 1170. The molecule has 36 heavy (non-hydrogen) atoms. The number of hydrogen-bond acceptors (Lipinski definition) is 4. The molecule has 0 bridgehead atoms. The van der Waals surface area contributed by atoms with Crippen LogP contribution in [0.2, 0.25) is 5.02 Å². The van der Waals surface area contributed by atoms with Crippen LogP contribution in [0.4, 0.5) is 5.69 Å². The van der Waals surface area contributed by atoms with Crippen molar-refractivity contribution in [3.8, 4) is 5.75 Å². The normalized spacial score (nSPS) is 14.5. The van der Waals surface area contributed by atoms with Crippen LogP contribution in [0.3, 0.4) is 0 Å². The molecule has 1 aliphatic rings. The van der Waals surface area contributed by atoms with Crippen LogP contribution in [0.25, 0.3) is 0 Å². The van der Waals surface area contributed by atoms with E-state index in [1.807, 2.05) is 42.5 Å². The predicted molar refractivity (Wildman–Crippen MR) is 150 cm³/mol. The lowest BCUT2D eigenvalue weighted by atomic mass is 10.2. The zero-order valence-corrected chi connectivity index (χ0v) is 22.8. The molecule has 8 heteroatoms. The minimum Gasteiger partial charge on any atom is -0.493 e. The van der Waals surface area contributed by atoms with Crippen molar-refractivity contribution < 1.29 is 13.2 Å². The molecule has 0 saturated carbocycles. The molecule has 1 fully saturated rings. The van der Waals surface area contributed by atoms with Crippen LogP contribution < -0.4 is 9.04 Å². The number of likely N-dealkylation sites (tertiary alicyclic amines) is 1. The Kier molecular flexibility index (Phi) is 10.9. The highest BCUT2D eigenvalue weighted by molar-refractivity contribution is 7.92. The number of para-hydroxylation sites is 2. The number of hydrogen-bond donors (Lipinski definition) is 0. The van der Waals surface area contributed by atoms with E-state index in [2.05, 4.69) is 4.90 Å². The Morgan fingerprint density at radius 2 is 1.47 bits per heavy atom. The van der Waals surface area contributed by atoms with Crippen LogP contribution in [0.1, 0.15) is 37.7 Å². The van der Waals surface area contributed by atoms with E-state index in [1.165, 1.54) is 43.1 Å². The smallest absolute Gasteiger partial charge is 0.264 e. The quantitative estimate of drug-likeness (QED) is 0.261. The van der Waals surface area contributed by atoms with Crippen molar-refractivity contribution in [1.82, 2.24) is 4.90 Å². The number of ether oxygens (including phenoxy) is 1. The van der Waals surface area contributed by atoms with Crippen molar-refractivity contribution in [3.05, 3.63) is 89.4 Å². The Morgan fingerprint density at radius 1 is 0.833 bits per heavy atom. The third-order valence-corrected chi connectivity index (χ3v) is 8.35. The first kappa shape index (κ1) is 28.3. The fourth-order valence-electron chi connectivity index (χ4n) is 4.40. The highest BCUT2D eigenvalue weighted by Gasteiger charge is 2.26. The van der Waals surface area contributed by atoms with E-state index in [0.717, 1.165) is 24.3 Å². The second-order valence-electron chi connectivity index (χ2n) is 8.87. The van der Waals surface area contributed by atoms with Crippen molar-refractivity contribution in [2.45, 2.75) is 43.5 Å². The van der Waals surface area contributed by atoms with Gasteiger partial charge in [0.1, 0.15) is 5.75 Å². The lowest BCUT2D eigenvalue weighted by molar-refractivity contribution is 0.239. The number of rotatable bonds is 10. The monoisotopic (exact) mass is 548 g/mol. The Balaban J connectivity index is 0.00000361. The molecule has 0 spiro atoms. The number of halogens is 2. The highest BCUT2D eigenvalue weighted by atomic mass is 35.5. The van der Waals surface area contributed by atoms with Crippen LogP contribution in [0.15, 0.2) is 83.8 Å². The lowest BCUT2D eigenvalue weighted by Crippen LogP contribution is -2.30. The number of anilines is 1. The van der Waals surface area contributed by atoms with Crippen molar-refractivity contribution in [2.24, 2.45) is 0 Å². The van der Waals surface area contributed by atoms with E-state index < -0.39 is 10.0 Å². The maximum Gasteiger partial charge on any atom is 0.264 e. The third-order valence-electron chi connectivity index (χ3n) is 6.31. The topological polar surface area (TPSA) is 49.9 Å². The van der Waals surface area contributed by atoms with E-state index in [4.69, 9.17) is 16.3 Å². The summed E-state index contributed by atoms with van der Waals surface area (Å²) < 4.78 is 34.9. The van der Waals surface area contributed by atoms with Crippen LogP contribution in [0.5, 0.6) is 5.75 Å². The molecule has 5 nitrogen and oxygen atoms in total. The summed E-state index contributed by atoms with van der Waals surface area (Å²) in [6, 6.07) is 23.1. The summed E-state index contributed by atoms with van der Waals surface area (Å²) in [5.74, 6) is 0.718. The molecule has 1 saturated heterocycles. The standard InChI is InChI=1S/C28H33ClN2O3S.ClH/c29-25-15-17-27(18-16-25)35(32,33)31(26-12-4-3-5-13-26)23-24-11-6-7-14-28(24)34-22-10-21-30-19-8-1-2-9-20-30;/h3-7,11-18H,1-2,8-10,19-23H2;1H. The van der Waals surface area contributed by atoms with Gasteiger partial charge in [-0.25, -0.2) is 8.42 Å². The predicted octanol–water partition coefficient (Wildman–Crippen LogP) is 6.80. The van der Waals surface area contributed by atoms with Gasteiger partial charge in [0, 0.05) is 17.1 Å². The number of nitrogens with zero attached hydrogens (tertiary/aromatic N) is 2. The molecule has 0 aromatic heterocycles. The van der Waals surface area contributed by atoms with E-state index in [1.54, 1.807) is 36.4 Å². The molecule has 3 aromatic carbocycles. The number of sulfonamides is 1. The fraction of sp³-hybridized carbons (Fsp3) is 0.357. The van der Waals surface area contributed by atoms with Gasteiger partial charge in [-0.05, 0) is 74.8 Å². The Labute approximate surface area is 226 Å². The van der Waals surface area contributed by atoms with Gasteiger partial charge in [0.2, 0.25) is 0 Å². The Morgan fingerprint density at radius 3 is 2.17 bits per heavy atom. The summed E-state index contributed by atoms with van der Waals surface area (Å²) in [5, 5.41) is 0.495. The average molecular weight is 550 g/mol. The second kappa shape index (κ2) is 13.9. The van der Waals surface area contributed by atoms with E-state index in [-0.39, 0.29) is 23.8 Å². The molecular weight excluding hydrogens is 515 g/mol. The largest absolute Gasteiger partial charge is 0.493 e. The minimum absolute atomic E-state index is 0. The van der Waals surface area contributed by atoms with Gasteiger partial charge in [0.25, 0.3) is 10.0 Å². The third kappa shape index (κ3) is 7.62. The van der Waals surface area contributed by atoms with Gasteiger partial charge in [0.05, 0.1) is 23.7 Å². The van der Waals surface area contributed by atoms with Crippen molar-refractivity contribution >= 4 is 39.7 Å². The lowest BCUT2D eigenvalue weighted by Gasteiger charge is -2.26. The van der Waals surface area contributed by atoms with Crippen LogP contribution in [0, 0.1) is 0 Å². The first-order valence-corrected chi connectivity index (χ1v) is 14.1. The van der Waals surface area contributed by atoms with Gasteiger partial charge in [-0.2, -0.15) is 0 Å². The first-order valence-electron chi connectivity index (χ1n) is 12.3. The highest BCUT2D eigenvalue weighted by Crippen LogP contribution is 2.29. The molecule has 4 rings (SSSR count). The van der Waals surface area contributed by atoms with Gasteiger partial charge in [0.15, 0.2) is 0 Å². The molecule has 194 valence electrons. The Hall–Kier alpha value is -2.25. The maximum absolute atomic E-state index is 13.7. The molecule has 0 unspecified atom stereocenters. The average Bonchev–Trinajstić information content (AvgIpc) is 3.15. The zero-order chi connectivity index (χ0) is 24.5. The van der Waals surface area contributed by atoms with Crippen LogP contribution >= 0.6 is 24.0 Å². The molecule has 1 aliphatic heterocycles. The van der Waals surface area contributed by atoms with E-state index >= 15 is 0 Å². The first-order chi connectivity index (χ1) is 17.0. The van der Waals surface area contributed by atoms with E-state index in [0.29, 0.717) is 17.3 Å². The molecule has 0 radical (unpaired) electrons. The van der Waals surface area contributed by atoms with Gasteiger partial charge < -0.3 is 9.64 Å². The summed E-state index contributed by atoms with van der Waals surface area (Å²) in [4.78, 5) is 2.72. The van der Waals surface area contributed by atoms with Crippen molar-refractivity contribution in [1.29, 1.82) is 0 Å². The van der Waals surface area contributed by atoms with Gasteiger partial charge in [-0.15, -0.1) is 12.4 Å². The molecule has 1 heterocycles. The summed E-state index contributed by atoms with van der Waals surface area (Å²) in [5.41, 5.74) is 1.42. The van der Waals surface area contributed by atoms with Crippen LogP contribution in [-0.2, 0) is 16.6 Å². The molecule has 0 N–H and O–H groups in total. The minimum atomic E-state index is -3.82. The zero-order valence-electron chi connectivity index (χ0n) is 20.4. The van der Waals surface area contributed by atoms with Gasteiger partial charge in [-0.3, -0.25) is 4.31 Å². The summed E-state index contributed by atoms with van der Waals surface area (Å²) in [6.07, 6.45) is 6.16. The van der Waals surface area contributed by atoms with Crippen molar-refractivity contribution in [3.63, 3.8) is 0 Å². The van der Waals surface area contributed by atoms with Crippen LogP contribution in [-0.4, -0.2) is 39.6 Å². The fourth-order valence-corrected chi connectivity index (χ4v) is 5.97. The molecule has 3 aromatic rings. The summed E-state index contributed by atoms with van der Waals surface area (Å²) >= 11 is 6.00. The van der Waals surface area contributed by atoms with E-state index in [9.17, 15) is 8.42 Å². The maximum atomic E-state index is 13.7. The molecule has 0 atom stereocenters. The molecular formula is C28H34Cl2N2O3S.